The Balaban J connectivity index is 1.63. The van der Waals surface area contributed by atoms with Crippen molar-refractivity contribution >= 4 is 17.3 Å². The fourth-order valence-electron chi connectivity index (χ4n) is 2.71. The minimum Gasteiger partial charge on any atom is -0.379 e. The van der Waals surface area contributed by atoms with Crippen LogP contribution in [-0.4, -0.2) is 5.91 Å². The van der Waals surface area contributed by atoms with Crippen molar-refractivity contribution in [1.29, 1.82) is 0 Å². The predicted octanol–water partition coefficient (Wildman–Crippen LogP) is 5.42. The maximum atomic E-state index is 12.3. The van der Waals surface area contributed by atoms with Crippen LogP contribution in [0.5, 0.6) is 0 Å². The van der Waals surface area contributed by atoms with E-state index in [0.29, 0.717) is 5.56 Å². The highest BCUT2D eigenvalue weighted by Crippen LogP contribution is 2.21. The van der Waals surface area contributed by atoms with Gasteiger partial charge in [-0.3, -0.25) is 4.79 Å². The van der Waals surface area contributed by atoms with Gasteiger partial charge in [-0.1, -0.05) is 48.0 Å². The largest absolute Gasteiger partial charge is 0.379 e. The normalized spacial score (nSPS) is 11.6. The Kier molecular flexibility index (Phi) is 5.14. The average molecular weight is 330 g/mol. The molecule has 0 aliphatic rings. The van der Waals surface area contributed by atoms with Crippen LogP contribution in [0.1, 0.15) is 34.5 Å². The molecule has 1 unspecified atom stereocenters. The second-order valence-corrected chi connectivity index (χ2v) is 6.18. The van der Waals surface area contributed by atoms with Gasteiger partial charge < -0.3 is 10.6 Å². The smallest absolute Gasteiger partial charge is 0.255 e. The molecule has 0 spiro atoms. The zero-order valence-corrected chi connectivity index (χ0v) is 14.5. The molecule has 3 rings (SSSR count). The first-order valence-electron chi connectivity index (χ1n) is 8.41. The molecule has 0 aliphatic carbocycles. The second kappa shape index (κ2) is 7.67. The molecule has 25 heavy (non-hydrogen) atoms. The van der Waals surface area contributed by atoms with E-state index in [4.69, 9.17) is 0 Å². The fourth-order valence-corrected chi connectivity index (χ4v) is 2.71. The molecule has 0 aliphatic heterocycles. The van der Waals surface area contributed by atoms with Crippen molar-refractivity contribution in [2.45, 2.75) is 19.9 Å². The third-order valence-electron chi connectivity index (χ3n) is 4.11. The Morgan fingerprint density at radius 1 is 0.840 bits per heavy atom. The Morgan fingerprint density at radius 3 is 2.20 bits per heavy atom. The lowest BCUT2D eigenvalue weighted by molar-refractivity contribution is 0.102. The maximum absolute atomic E-state index is 12.3. The summed E-state index contributed by atoms with van der Waals surface area (Å²) in [6, 6.07) is 25.9. The topological polar surface area (TPSA) is 41.1 Å². The summed E-state index contributed by atoms with van der Waals surface area (Å²) in [5.74, 6) is -0.0953. The summed E-state index contributed by atoms with van der Waals surface area (Å²) in [5, 5.41) is 6.40. The van der Waals surface area contributed by atoms with Gasteiger partial charge in [0.05, 0.1) is 0 Å². The molecule has 1 amide bonds. The third kappa shape index (κ3) is 4.48. The molecule has 0 radical (unpaired) electrons. The molecule has 2 N–H and O–H groups in total. The van der Waals surface area contributed by atoms with E-state index in [1.54, 1.807) is 0 Å². The molecule has 0 aromatic heterocycles. The molecule has 0 saturated heterocycles. The molecule has 3 nitrogen and oxygen atoms in total. The van der Waals surface area contributed by atoms with Crippen LogP contribution >= 0.6 is 0 Å². The highest BCUT2D eigenvalue weighted by Gasteiger charge is 2.07. The molecule has 3 heteroatoms. The Morgan fingerprint density at radius 2 is 1.52 bits per heavy atom. The zero-order chi connectivity index (χ0) is 17.6. The van der Waals surface area contributed by atoms with Gasteiger partial charge in [0.2, 0.25) is 0 Å². The minimum absolute atomic E-state index is 0.0953. The van der Waals surface area contributed by atoms with Gasteiger partial charge in [-0.05, 0) is 55.8 Å². The van der Waals surface area contributed by atoms with E-state index in [0.717, 1.165) is 16.9 Å². The first kappa shape index (κ1) is 16.8. The van der Waals surface area contributed by atoms with Crippen molar-refractivity contribution in [3.05, 3.63) is 95.6 Å². The number of aryl methyl sites for hydroxylation is 1. The van der Waals surface area contributed by atoms with Crippen molar-refractivity contribution < 1.29 is 4.79 Å². The van der Waals surface area contributed by atoms with Gasteiger partial charge in [0.15, 0.2) is 0 Å². The number of hydrogen-bond acceptors (Lipinski definition) is 2. The summed E-state index contributed by atoms with van der Waals surface area (Å²) >= 11 is 0. The average Bonchev–Trinajstić information content (AvgIpc) is 2.64. The van der Waals surface area contributed by atoms with E-state index in [2.05, 4.69) is 29.7 Å². The number of benzene rings is 3. The molecule has 1 atom stereocenters. The zero-order valence-electron chi connectivity index (χ0n) is 14.5. The van der Waals surface area contributed by atoms with Gasteiger partial charge in [0, 0.05) is 23.0 Å². The van der Waals surface area contributed by atoms with Crippen LogP contribution in [0.4, 0.5) is 11.4 Å². The van der Waals surface area contributed by atoms with Gasteiger partial charge >= 0.3 is 0 Å². The lowest BCUT2D eigenvalue weighted by atomic mass is 10.1. The van der Waals surface area contributed by atoms with Crippen LogP contribution in [0.25, 0.3) is 0 Å². The molecule has 126 valence electrons. The van der Waals surface area contributed by atoms with Crippen molar-refractivity contribution in [2.75, 3.05) is 10.6 Å². The van der Waals surface area contributed by atoms with Gasteiger partial charge in [-0.2, -0.15) is 0 Å². The van der Waals surface area contributed by atoms with E-state index < -0.39 is 0 Å². The van der Waals surface area contributed by atoms with Gasteiger partial charge in [-0.25, -0.2) is 0 Å². The van der Waals surface area contributed by atoms with Gasteiger partial charge in [-0.15, -0.1) is 0 Å². The van der Waals surface area contributed by atoms with E-state index in [9.17, 15) is 4.79 Å². The summed E-state index contributed by atoms with van der Waals surface area (Å²) < 4.78 is 0. The quantitative estimate of drug-likeness (QED) is 0.656. The summed E-state index contributed by atoms with van der Waals surface area (Å²) in [5.41, 5.74) is 4.77. The number of anilines is 2. The molecule has 0 bridgehead atoms. The number of rotatable bonds is 5. The second-order valence-electron chi connectivity index (χ2n) is 6.18. The summed E-state index contributed by atoms with van der Waals surface area (Å²) in [6.07, 6.45) is 0. The first-order valence-corrected chi connectivity index (χ1v) is 8.41. The van der Waals surface area contributed by atoms with Crippen molar-refractivity contribution in [2.24, 2.45) is 0 Å². The summed E-state index contributed by atoms with van der Waals surface area (Å²) in [4.78, 5) is 12.3. The van der Waals surface area contributed by atoms with E-state index in [-0.39, 0.29) is 11.9 Å². The number of hydrogen-bond donors (Lipinski definition) is 2. The third-order valence-corrected chi connectivity index (χ3v) is 4.11. The van der Waals surface area contributed by atoms with Crippen molar-refractivity contribution in [3.63, 3.8) is 0 Å². The summed E-state index contributed by atoms with van der Waals surface area (Å²) in [7, 11) is 0. The predicted molar refractivity (Wildman–Crippen MR) is 104 cm³/mol. The highest BCUT2D eigenvalue weighted by molar-refractivity contribution is 6.04. The lowest BCUT2D eigenvalue weighted by Crippen LogP contribution is -2.12. The Labute approximate surface area is 148 Å². The molecule has 3 aromatic carbocycles. The lowest BCUT2D eigenvalue weighted by Gasteiger charge is -2.16. The minimum atomic E-state index is -0.0953. The molecule has 0 fully saturated rings. The van der Waals surface area contributed by atoms with E-state index in [1.165, 1.54) is 5.56 Å². The molecular formula is C22H22N2O. The molecule has 0 saturated carbocycles. The number of carbonyl (C=O) groups is 1. The standard InChI is InChI=1S/C22H22N2O/c1-16-7-6-10-19(15-16)22(25)24-21-13-11-20(12-14-21)23-17(2)18-8-4-3-5-9-18/h3-15,17,23H,1-2H3,(H,24,25). The summed E-state index contributed by atoms with van der Waals surface area (Å²) in [6.45, 7) is 4.11. The first-order chi connectivity index (χ1) is 12.1. The van der Waals surface area contributed by atoms with E-state index >= 15 is 0 Å². The SMILES string of the molecule is Cc1cccc(C(=O)Nc2ccc(NC(C)c3ccccc3)cc2)c1. The van der Waals surface area contributed by atoms with Crippen LogP contribution in [0.15, 0.2) is 78.9 Å². The van der Waals surface area contributed by atoms with Crippen LogP contribution in [0, 0.1) is 6.92 Å². The fraction of sp³-hybridized carbons (Fsp3) is 0.136. The Hall–Kier alpha value is -3.07. The highest BCUT2D eigenvalue weighted by atomic mass is 16.1. The number of amides is 1. The van der Waals surface area contributed by atoms with E-state index in [1.807, 2.05) is 73.7 Å². The maximum Gasteiger partial charge on any atom is 0.255 e. The van der Waals surface area contributed by atoms with Crippen LogP contribution in [0.2, 0.25) is 0 Å². The van der Waals surface area contributed by atoms with Crippen LogP contribution < -0.4 is 10.6 Å². The van der Waals surface area contributed by atoms with Gasteiger partial charge in [0.1, 0.15) is 0 Å². The molecule has 3 aromatic rings. The van der Waals surface area contributed by atoms with Crippen LogP contribution in [0.3, 0.4) is 0 Å². The molecular weight excluding hydrogens is 308 g/mol. The van der Waals surface area contributed by atoms with Crippen molar-refractivity contribution in [1.82, 2.24) is 0 Å². The molecule has 0 heterocycles. The van der Waals surface area contributed by atoms with Crippen LogP contribution in [-0.2, 0) is 0 Å². The van der Waals surface area contributed by atoms with Gasteiger partial charge in [0.25, 0.3) is 5.91 Å². The monoisotopic (exact) mass is 330 g/mol. The Bertz CT molecular complexity index is 841. The number of nitrogens with one attached hydrogen (secondary N) is 2. The van der Waals surface area contributed by atoms with Crippen molar-refractivity contribution in [3.8, 4) is 0 Å². The number of carbonyl (C=O) groups excluding carboxylic acids is 1.